The summed E-state index contributed by atoms with van der Waals surface area (Å²) in [6, 6.07) is 8.51. The Labute approximate surface area is 119 Å². The molecule has 0 radical (unpaired) electrons. The number of aromatic nitrogens is 1. The van der Waals surface area contributed by atoms with Crippen LogP contribution in [0.25, 0.3) is 10.9 Å². The van der Waals surface area contributed by atoms with Crippen LogP contribution in [0.5, 0.6) is 0 Å². The number of aromatic amines is 1. The van der Waals surface area contributed by atoms with Gasteiger partial charge in [-0.3, -0.25) is 0 Å². The van der Waals surface area contributed by atoms with Crippen molar-refractivity contribution in [2.45, 2.75) is 54.9 Å². The lowest BCUT2D eigenvalue weighted by atomic mass is 9.71. The third-order valence-corrected chi connectivity index (χ3v) is 4.32. The van der Waals surface area contributed by atoms with Gasteiger partial charge in [0.15, 0.2) is 0 Å². The van der Waals surface area contributed by atoms with E-state index in [4.69, 9.17) is 0 Å². The van der Waals surface area contributed by atoms with E-state index < -0.39 is 0 Å². The quantitative estimate of drug-likeness (QED) is 0.642. The number of nitrogens with one attached hydrogen (secondary N) is 1. The molecule has 2 aromatic rings. The summed E-state index contributed by atoms with van der Waals surface area (Å²) in [4.78, 5) is 3.19. The highest BCUT2D eigenvalue weighted by Gasteiger charge is 2.26. The second kappa shape index (κ2) is 5.81. The fourth-order valence-electron chi connectivity index (χ4n) is 1.46. The smallest absolute Gasteiger partial charge is 0.0456 e. The van der Waals surface area contributed by atoms with Gasteiger partial charge in [0.2, 0.25) is 0 Å². The van der Waals surface area contributed by atoms with Crippen LogP contribution in [-0.2, 0) is 6.42 Å². The molecule has 1 aromatic carbocycles. The van der Waals surface area contributed by atoms with E-state index in [9.17, 15) is 0 Å². The van der Waals surface area contributed by atoms with Crippen molar-refractivity contribution < 1.29 is 1.43 Å². The zero-order valence-electron chi connectivity index (χ0n) is 13.6. The maximum absolute atomic E-state index is 3.19. The van der Waals surface area contributed by atoms with Crippen LogP contribution in [0, 0.1) is 10.8 Å². The van der Waals surface area contributed by atoms with Crippen LogP contribution in [0.1, 0.15) is 55.5 Å². The van der Waals surface area contributed by atoms with Gasteiger partial charge in [0, 0.05) is 18.5 Å². The number of aryl methyl sites for hydroxylation is 1. The Bertz CT molecular complexity index is 500. The predicted molar refractivity (Wildman–Crippen MR) is 88.7 cm³/mol. The van der Waals surface area contributed by atoms with E-state index in [1.807, 2.05) is 6.20 Å². The lowest BCUT2D eigenvalue weighted by molar-refractivity contribution is 0.157. The van der Waals surface area contributed by atoms with Gasteiger partial charge in [-0.1, -0.05) is 60.6 Å². The largest absolute Gasteiger partial charge is 0.361 e. The predicted octanol–water partition coefficient (Wildman–Crippen LogP) is 6.05. The zero-order valence-corrected chi connectivity index (χ0v) is 13.6. The second-order valence-electron chi connectivity index (χ2n) is 7.21. The van der Waals surface area contributed by atoms with Crippen molar-refractivity contribution in [3.63, 3.8) is 0 Å². The summed E-state index contributed by atoms with van der Waals surface area (Å²) in [5, 5.41) is 1.36. The summed E-state index contributed by atoms with van der Waals surface area (Å²) in [5.74, 6) is 0. The molecule has 1 heterocycles. The van der Waals surface area contributed by atoms with E-state index in [0.717, 1.165) is 6.42 Å². The standard InChI is InChI=1S/C10H11N.C8H18.H2/c1-2-8-4-3-5-10-9(8)6-7-11-10;1-7(2,3)8(4,5)6;/h3-7,11H,2H2,1H3;1-6H3;1H. The van der Waals surface area contributed by atoms with Crippen molar-refractivity contribution in [2.75, 3.05) is 0 Å². The number of H-pyrrole nitrogens is 1. The SMILES string of the molecule is CC(C)(C)C(C)(C)C.CCc1cccc2[nH]ccc12.[HH]. The lowest BCUT2D eigenvalue weighted by Gasteiger charge is -2.34. The minimum atomic E-state index is 0. The van der Waals surface area contributed by atoms with Gasteiger partial charge in [0.25, 0.3) is 0 Å². The van der Waals surface area contributed by atoms with Gasteiger partial charge >= 0.3 is 0 Å². The molecule has 0 bridgehead atoms. The molecule has 0 saturated carbocycles. The number of rotatable bonds is 1. The van der Waals surface area contributed by atoms with Gasteiger partial charge in [-0.2, -0.15) is 0 Å². The number of fused-ring (bicyclic) bond motifs is 1. The molecular weight excluding hydrogens is 230 g/mol. The number of hydrogen-bond donors (Lipinski definition) is 1. The average Bonchev–Trinajstić information content (AvgIpc) is 2.74. The summed E-state index contributed by atoms with van der Waals surface area (Å²) in [7, 11) is 0. The van der Waals surface area contributed by atoms with Crippen molar-refractivity contribution in [2.24, 2.45) is 10.8 Å². The molecule has 0 atom stereocenters. The van der Waals surface area contributed by atoms with Crippen molar-refractivity contribution in [1.82, 2.24) is 4.98 Å². The Morgan fingerprint density at radius 3 is 2.00 bits per heavy atom. The highest BCUT2D eigenvalue weighted by atomic mass is 14.7. The van der Waals surface area contributed by atoms with Crippen LogP contribution in [0.3, 0.4) is 0 Å². The van der Waals surface area contributed by atoms with Crippen molar-refractivity contribution >= 4 is 10.9 Å². The van der Waals surface area contributed by atoms with Gasteiger partial charge in [-0.25, -0.2) is 0 Å². The van der Waals surface area contributed by atoms with Crippen molar-refractivity contribution in [3.05, 3.63) is 36.0 Å². The molecule has 0 unspecified atom stereocenters. The summed E-state index contributed by atoms with van der Waals surface area (Å²) in [5.41, 5.74) is 3.54. The van der Waals surface area contributed by atoms with Gasteiger partial charge in [0.1, 0.15) is 0 Å². The Hall–Kier alpha value is -1.24. The maximum Gasteiger partial charge on any atom is 0.0456 e. The molecule has 1 aromatic heterocycles. The van der Waals surface area contributed by atoms with E-state index in [1.165, 1.54) is 16.5 Å². The fourth-order valence-corrected chi connectivity index (χ4v) is 1.46. The van der Waals surface area contributed by atoms with E-state index in [1.54, 1.807) is 0 Å². The molecular formula is C18H31N. The Kier molecular flexibility index (Phi) is 4.84. The van der Waals surface area contributed by atoms with Crippen molar-refractivity contribution in [3.8, 4) is 0 Å². The van der Waals surface area contributed by atoms with Crippen LogP contribution < -0.4 is 0 Å². The second-order valence-corrected chi connectivity index (χ2v) is 7.21. The fraction of sp³-hybridized carbons (Fsp3) is 0.556. The first-order valence-corrected chi connectivity index (χ1v) is 7.22. The average molecular weight is 261 g/mol. The van der Waals surface area contributed by atoms with Crippen LogP contribution in [-0.4, -0.2) is 4.98 Å². The lowest BCUT2D eigenvalue weighted by Crippen LogP contribution is -2.25. The molecule has 19 heavy (non-hydrogen) atoms. The first-order valence-electron chi connectivity index (χ1n) is 7.22. The molecule has 0 amide bonds. The van der Waals surface area contributed by atoms with E-state index >= 15 is 0 Å². The van der Waals surface area contributed by atoms with Gasteiger partial charge < -0.3 is 4.98 Å². The number of hydrogen-bond acceptors (Lipinski definition) is 0. The normalized spacial score (nSPS) is 12.2. The van der Waals surface area contributed by atoms with Crippen LogP contribution in [0.4, 0.5) is 0 Å². The first-order chi connectivity index (χ1) is 8.67. The molecule has 1 N–H and O–H groups in total. The van der Waals surface area contributed by atoms with Crippen molar-refractivity contribution in [1.29, 1.82) is 0 Å². The third kappa shape index (κ3) is 4.12. The van der Waals surface area contributed by atoms with Gasteiger partial charge in [-0.05, 0) is 34.9 Å². The van der Waals surface area contributed by atoms with Crippen LogP contribution in [0.15, 0.2) is 30.5 Å². The minimum absolute atomic E-state index is 0. The Balaban J connectivity index is 0.000000364. The topological polar surface area (TPSA) is 15.8 Å². The summed E-state index contributed by atoms with van der Waals surface area (Å²) in [6.07, 6.45) is 3.10. The molecule has 0 aliphatic carbocycles. The number of benzene rings is 1. The molecule has 0 aliphatic rings. The van der Waals surface area contributed by atoms with Crippen LogP contribution >= 0.6 is 0 Å². The highest BCUT2D eigenvalue weighted by Crippen LogP contribution is 2.36. The molecule has 1 heteroatoms. The monoisotopic (exact) mass is 261 g/mol. The van der Waals surface area contributed by atoms with E-state index in [2.05, 4.69) is 77.7 Å². The molecule has 0 aliphatic heterocycles. The highest BCUT2D eigenvalue weighted by molar-refractivity contribution is 5.82. The van der Waals surface area contributed by atoms with Crippen LogP contribution in [0.2, 0.25) is 0 Å². The minimum Gasteiger partial charge on any atom is -0.361 e. The Morgan fingerprint density at radius 2 is 1.53 bits per heavy atom. The molecule has 0 fully saturated rings. The summed E-state index contributed by atoms with van der Waals surface area (Å²) < 4.78 is 0. The van der Waals surface area contributed by atoms with E-state index in [0.29, 0.717) is 10.8 Å². The molecule has 108 valence electrons. The first kappa shape index (κ1) is 15.8. The molecule has 1 nitrogen and oxygen atoms in total. The molecule has 0 spiro atoms. The third-order valence-electron chi connectivity index (χ3n) is 4.32. The molecule has 0 saturated heterocycles. The maximum atomic E-state index is 3.19. The van der Waals surface area contributed by atoms with E-state index in [-0.39, 0.29) is 1.43 Å². The molecule has 2 rings (SSSR count). The summed E-state index contributed by atoms with van der Waals surface area (Å²) >= 11 is 0. The van der Waals surface area contributed by atoms with Gasteiger partial charge in [0.05, 0.1) is 0 Å². The zero-order chi connectivity index (χ0) is 14.7. The van der Waals surface area contributed by atoms with Gasteiger partial charge in [-0.15, -0.1) is 0 Å². The Morgan fingerprint density at radius 1 is 0.947 bits per heavy atom. The summed E-state index contributed by atoms with van der Waals surface area (Å²) in [6.45, 7) is 15.8.